The van der Waals surface area contributed by atoms with Crippen molar-refractivity contribution in [2.24, 2.45) is 0 Å². The lowest BCUT2D eigenvalue weighted by atomic mass is 9.99. The van der Waals surface area contributed by atoms with Gasteiger partial charge in [-0.25, -0.2) is 4.52 Å². The predicted octanol–water partition coefficient (Wildman–Crippen LogP) is 4.54. The molecule has 1 atom stereocenters. The molecule has 0 bridgehead atoms. The molecule has 0 aliphatic heterocycles. The van der Waals surface area contributed by atoms with E-state index in [0.717, 1.165) is 38.8 Å². The molecule has 2 heterocycles. The number of aryl methyl sites for hydroxylation is 2. The molecule has 2 aromatic heterocycles. The van der Waals surface area contributed by atoms with Crippen LogP contribution in [0, 0.1) is 13.8 Å². The summed E-state index contributed by atoms with van der Waals surface area (Å²) in [4.78, 5) is 0. The van der Waals surface area contributed by atoms with Crippen LogP contribution in [0.3, 0.4) is 0 Å². The van der Waals surface area contributed by atoms with Crippen molar-refractivity contribution in [3.05, 3.63) is 46.3 Å². The van der Waals surface area contributed by atoms with E-state index in [0.29, 0.717) is 19.6 Å². The molecule has 1 N–H and O–H groups in total. The van der Waals surface area contributed by atoms with Crippen LogP contribution in [0.5, 0.6) is 0 Å². The highest BCUT2D eigenvalue weighted by atomic mass is 35.5. The fraction of sp³-hybridized carbons (Fsp3) is 0.450. The lowest BCUT2D eigenvalue weighted by Gasteiger charge is -2.20. The molecular weight excluding hydrogens is 385 g/mol. The summed E-state index contributed by atoms with van der Waals surface area (Å²) in [5, 5.41) is 8.87. The molecule has 0 saturated heterocycles. The number of rotatable bonds is 7. The zero-order valence-corrected chi connectivity index (χ0v) is 17.6. The van der Waals surface area contributed by atoms with Gasteiger partial charge in [0.2, 0.25) is 0 Å². The summed E-state index contributed by atoms with van der Waals surface area (Å²) in [6.07, 6.45) is 4.53. The number of nitrogens with zero attached hydrogens (tertiary/aromatic N) is 2. The smallest absolute Gasteiger partial charge is 0.0888 e. The van der Waals surface area contributed by atoms with Crippen LogP contribution in [0.2, 0.25) is 0 Å². The standard InChI is InChI=1S/C20H25Cl2N3O2/c1-12-7-19-18(23-15(10-26-3)11-27-4)8-13(2)24-25(19)20(12)16-6-5-14(21)9-17(16)22/h5-8,15,17,23H,9-11H2,1-4H3. The number of hydrogen-bond acceptors (Lipinski definition) is 4. The molecule has 0 spiro atoms. The van der Waals surface area contributed by atoms with Crippen molar-refractivity contribution >= 4 is 40.0 Å². The number of allylic oxidation sites excluding steroid dienone is 4. The summed E-state index contributed by atoms with van der Waals surface area (Å²) in [5.41, 5.74) is 6.07. The van der Waals surface area contributed by atoms with Crippen molar-refractivity contribution in [2.75, 3.05) is 32.8 Å². The highest BCUT2D eigenvalue weighted by Gasteiger charge is 2.24. The molecule has 1 unspecified atom stereocenters. The van der Waals surface area contributed by atoms with E-state index in [1.807, 2.05) is 29.7 Å². The Morgan fingerprint density at radius 1 is 1.22 bits per heavy atom. The molecule has 2 aromatic rings. The molecule has 1 aliphatic rings. The van der Waals surface area contributed by atoms with E-state index in [4.69, 9.17) is 37.8 Å². The quantitative estimate of drug-likeness (QED) is 0.681. The maximum atomic E-state index is 6.60. The number of halogens is 2. The molecule has 0 saturated carbocycles. The Balaban J connectivity index is 2.09. The van der Waals surface area contributed by atoms with Gasteiger partial charge in [0.1, 0.15) is 0 Å². The van der Waals surface area contributed by atoms with Gasteiger partial charge in [-0.2, -0.15) is 5.10 Å². The van der Waals surface area contributed by atoms with Gasteiger partial charge in [-0.3, -0.25) is 0 Å². The van der Waals surface area contributed by atoms with Crippen molar-refractivity contribution in [2.45, 2.75) is 31.7 Å². The predicted molar refractivity (Wildman–Crippen MR) is 112 cm³/mol. The normalized spacial score (nSPS) is 17.4. The van der Waals surface area contributed by atoms with Gasteiger partial charge in [0.15, 0.2) is 0 Å². The lowest BCUT2D eigenvalue weighted by molar-refractivity contribution is 0.126. The fourth-order valence-corrected chi connectivity index (χ4v) is 4.11. The minimum Gasteiger partial charge on any atom is -0.382 e. The SMILES string of the molecule is COCC(COC)Nc1cc(C)nn2c(C3=CC=C(Cl)CC3Cl)c(C)cc12. The van der Waals surface area contributed by atoms with Gasteiger partial charge < -0.3 is 14.8 Å². The van der Waals surface area contributed by atoms with Crippen LogP contribution in [0.15, 0.2) is 29.3 Å². The lowest BCUT2D eigenvalue weighted by Crippen LogP contribution is -2.30. The van der Waals surface area contributed by atoms with Crippen LogP contribution in [0.25, 0.3) is 11.1 Å². The molecule has 3 rings (SSSR count). The van der Waals surface area contributed by atoms with Crippen LogP contribution in [0.4, 0.5) is 5.69 Å². The molecule has 1 aliphatic carbocycles. The molecular formula is C20H25Cl2N3O2. The topological polar surface area (TPSA) is 47.8 Å². The molecule has 0 radical (unpaired) electrons. The Bertz CT molecular complexity index is 883. The van der Waals surface area contributed by atoms with Gasteiger partial charge in [0.25, 0.3) is 0 Å². The van der Waals surface area contributed by atoms with Gasteiger partial charge in [0.05, 0.1) is 47.2 Å². The Kier molecular flexibility index (Phi) is 6.48. The van der Waals surface area contributed by atoms with Crippen LogP contribution >= 0.6 is 23.2 Å². The number of alkyl halides is 1. The Morgan fingerprint density at radius 3 is 2.56 bits per heavy atom. The first-order chi connectivity index (χ1) is 12.9. The minimum atomic E-state index is -0.173. The number of hydrogen-bond donors (Lipinski definition) is 1. The molecule has 7 heteroatoms. The molecule has 27 heavy (non-hydrogen) atoms. The number of aromatic nitrogens is 2. The second-order valence-electron chi connectivity index (χ2n) is 6.83. The maximum absolute atomic E-state index is 6.60. The summed E-state index contributed by atoms with van der Waals surface area (Å²) in [7, 11) is 3.37. The number of methoxy groups -OCH3 is 2. The largest absolute Gasteiger partial charge is 0.382 e. The van der Waals surface area contributed by atoms with E-state index in [-0.39, 0.29) is 11.4 Å². The van der Waals surface area contributed by atoms with Crippen LogP contribution in [0.1, 0.15) is 23.4 Å². The molecule has 0 fully saturated rings. The third kappa shape index (κ3) is 4.32. The minimum absolute atomic E-state index is 0.0423. The van der Waals surface area contributed by atoms with E-state index in [9.17, 15) is 0 Å². The molecule has 0 amide bonds. The summed E-state index contributed by atoms with van der Waals surface area (Å²) in [6, 6.07) is 4.22. The fourth-order valence-electron chi connectivity index (χ4n) is 3.47. The Labute approximate surface area is 169 Å². The zero-order valence-electron chi connectivity index (χ0n) is 16.1. The second-order valence-corrected chi connectivity index (χ2v) is 7.84. The van der Waals surface area contributed by atoms with E-state index in [1.54, 1.807) is 14.2 Å². The van der Waals surface area contributed by atoms with Gasteiger partial charge >= 0.3 is 0 Å². The highest BCUT2D eigenvalue weighted by Crippen LogP contribution is 2.36. The van der Waals surface area contributed by atoms with Crippen molar-refractivity contribution in [3.63, 3.8) is 0 Å². The average molecular weight is 410 g/mol. The third-order valence-electron chi connectivity index (χ3n) is 4.58. The van der Waals surface area contributed by atoms with Crippen molar-refractivity contribution in [1.82, 2.24) is 9.61 Å². The first-order valence-corrected chi connectivity index (χ1v) is 9.71. The zero-order chi connectivity index (χ0) is 19.6. The Morgan fingerprint density at radius 2 is 1.93 bits per heavy atom. The van der Waals surface area contributed by atoms with Crippen LogP contribution < -0.4 is 5.32 Å². The van der Waals surface area contributed by atoms with E-state index in [1.165, 1.54) is 0 Å². The number of fused-ring (bicyclic) bond motifs is 1. The van der Waals surface area contributed by atoms with Gasteiger partial charge in [0, 0.05) is 25.7 Å². The van der Waals surface area contributed by atoms with Crippen LogP contribution in [-0.2, 0) is 9.47 Å². The van der Waals surface area contributed by atoms with E-state index < -0.39 is 0 Å². The highest BCUT2D eigenvalue weighted by molar-refractivity contribution is 6.33. The number of ether oxygens (including phenoxy) is 2. The summed E-state index contributed by atoms with van der Waals surface area (Å²) < 4.78 is 12.6. The Hall–Kier alpha value is -1.53. The molecule has 0 aromatic carbocycles. The first kappa shape index (κ1) is 20.2. The van der Waals surface area contributed by atoms with E-state index in [2.05, 4.69) is 18.3 Å². The van der Waals surface area contributed by atoms with Crippen molar-refractivity contribution in [1.29, 1.82) is 0 Å². The van der Waals surface area contributed by atoms with Crippen molar-refractivity contribution in [3.8, 4) is 0 Å². The first-order valence-electron chi connectivity index (χ1n) is 8.89. The molecule has 146 valence electrons. The van der Waals surface area contributed by atoms with Gasteiger partial charge in [-0.1, -0.05) is 17.7 Å². The number of nitrogens with one attached hydrogen (secondary N) is 1. The van der Waals surface area contributed by atoms with E-state index >= 15 is 0 Å². The number of anilines is 1. The van der Waals surface area contributed by atoms with Gasteiger partial charge in [-0.15, -0.1) is 11.6 Å². The van der Waals surface area contributed by atoms with Crippen molar-refractivity contribution < 1.29 is 9.47 Å². The average Bonchev–Trinajstić information content (AvgIpc) is 2.92. The molecule has 5 nitrogen and oxygen atoms in total. The second kappa shape index (κ2) is 8.65. The third-order valence-corrected chi connectivity index (χ3v) is 5.25. The maximum Gasteiger partial charge on any atom is 0.0888 e. The monoisotopic (exact) mass is 409 g/mol. The van der Waals surface area contributed by atoms with Gasteiger partial charge in [-0.05, 0) is 43.2 Å². The summed E-state index contributed by atoms with van der Waals surface area (Å²) in [5.74, 6) is 0. The summed E-state index contributed by atoms with van der Waals surface area (Å²) in [6.45, 7) is 5.16. The van der Waals surface area contributed by atoms with Crippen LogP contribution in [-0.4, -0.2) is 48.5 Å². The summed E-state index contributed by atoms with van der Waals surface area (Å²) >= 11 is 12.7.